The fourth-order valence-corrected chi connectivity index (χ4v) is 2.39. The highest BCUT2D eigenvalue weighted by molar-refractivity contribution is 9.10. The van der Waals surface area contributed by atoms with Gasteiger partial charge < -0.3 is 11.1 Å². The van der Waals surface area contributed by atoms with Crippen molar-refractivity contribution in [2.24, 2.45) is 5.92 Å². The van der Waals surface area contributed by atoms with Crippen LogP contribution in [-0.2, 0) is 0 Å². The third-order valence-electron chi connectivity index (χ3n) is 2.11. The Balaban J connectivity index is 2.50. The molecule has 15 heavy (non-hydrogen) atoms. The number of nitrogen functional groups attached to an aromatic ring is 1. The summed E-state index contributed by atoms with van der Waals surface area (Å²) >= 11 is 5.26. The van der Waals surface area contributed by atoms with Crippen molar-refractivity contribution in [1.29, 1.82) is 0 Å². The van der Waals surface area contributed by atoms with Gasteiger partial charge in [0.15, 0.2) is 0 Å². The summed E-state index contributed by atoms with van der Waals surface area (Å²) in [7, 11) is 0. The number of rotatable bonds is 5. The minimum Gasteiger partial charge on any atom is -0.397 e. The van der Waals surface area contributed by atoms with E-state index in [1.54, 1.807) is 0 Å². The Hall–Kier alpha value is -0.350. The van der Waals surface area contributed by atoms with Crippen molar-refractivity contribution < 1.29 is 0 Å². The molecule has 0 radical (unpaired) electrons. The topological polar surface area (TPSA) is 38.0 Å². The summed E-state index contributed by atoms with van der Waals surface area (Å²) in [5, 5.41) is 3.37. The Morgan fingerprint density at radius 2 is 2.27 bits per heavy atom. The van der Waals surface area contributed by atoms with Crippen LogP contribution < -0.4 is 11.1 Å². The van der Waals surface area contributed by atoms with Crippen LogP contribution in [0, 0.1) is 5.92 Å². The largest absolute Gasteiger partial charge is 0.397 e. The van der Waals surface area contributed by atoms with Crippen LogP contribution in [-0.4, -0.2) is 18.6 Å². The number of hydrogen-bond acceptors (Lipinski definition) is 3. The maximum atomic E-state index is 5.88. The Labute approximate surface area is 104 Å². The normalized spacial score (nSPS) is 12.5. The molecule has 0 aromatic heterocycles. The van der Waals surface area contributed by atoms with Crippen LogP contribution in [0.3, 0.4) is 0 Å². The first-order chi connectivity index (χ1) is 7.13. The van der Waals surface area contributed by atoms with Gasteiger partial charge in [-0.1, -0.05) is 22.9 Å². The van der Waals surface area contributed by atoms with Crippen LogP contribution in [0.1, 0.15) is 6.92 Å². The molecule has 2 nitrogen and oxygen atoms in total. The highest BCUT2D eigenvalue weighted by Gasteiger charge is 2.03. The van der Waals surface area contributed by atoms with Gasteiger partial charge in [0.1, 0.15) is 0 Å². The molecule has 0 bridgehead atoms. The lowest BCUT2D eigenvalue weighted by atomic mass is 10.2. The zero-order chi connectivity index (χ0) is 11.3. The summed E-state index contributed by atoms with van der Waals surface area (Å²) in [6, 6.07) is 5.92. The van der Waals surface area contributed by atoms with Crippen LogP contribution in [0.5, 0.6) is 0 Å². The van der Waals surface area contributed by atoms with Gasteiger partial charge in [0.2, 0.25) is 0 Å². The van der Waals surface area contributed by atoms with Crippen LogP contribution in [0.4, 0.5) is 11.4 Å². The lowest BCUT2D eigenvalue weighted by Crippen LogP contribution is -2.14. The average Bonchev–Trinajstić information content (AvgIpc) is 2.17. The van der Waals surface area contributed by atoms with E-state index in [9.17, 15) is 0 Å². The van der Waals surface area contributed by atoms with Crippen LogP contribution in [0.2, 0.25) is 0 Å². The van der Waals surface area contributed by atoms with Crippen molar-refractivity contribution in [3.8, 4) is 0 Å². The minimum absolute atomic E-state index is 0.656. The van der Waals surface area contributed by atoms with E-state index < -0.39 is 0 Å². The van der Waals surface area contributed by atoms with E-state index in [-0.39, 0.29) is 0 Å². The zero-order valence-electron chi connectivity index (χ0n) is 9.09. The van der Waals surface area contributed by atoms with E-state index in [1.165, 1.54) is 5.75 Å². The molecule has 0 aliphatic carbocycles. The number of hydrogen-bond donors (Lipinski definition) is 2. The Morgan fingerprint density at radius 3 is 2.87 bits per heavy atom. The first-order valence-corrected chi connectivity index (χ1v) is 7.10. The fraction of sp³-hybridized carbons (Fsp3) is 0.455. The molecule has 0 aliphatic heterocycles. The Kier molecular flexibility index (Phi) is 5.32. The molecule has 1 atom stereocenters. The highest BCUT2D eigenvalue weighted by Crippen LogP contribution is 2.23. The summed E-state index contributed by atoms with van der Waals surface area (Å²) in [6.45, 7) is 3.20. The first-order valence-electron chi connectivity index (χ1n) is 4.91. The number of benzene rings is 1. The molecule has 4 heteroatoms. The van der Waals surface area contributed by atoms with Crippen LogP contribution in [0.25, 0.3) is 0 Å². The highest BCUT2D eigenvalue weighted by atomic mass is 79.9. The molecule has 1 aromatic carbocycles. The van der Waals surface area contributed by atoms with Crippen LogP contribution >= 0.6 is 27.7 Å². The van der Waals surface area contributed by atoms with E-state index in [0.717, 1.165) is 22.4 Å². The molecule has 0 heterocycles. The molecule has 0 spiro atoms. The molecule has 1 rings (SSSR count). The molecule has 0 amide bonds. The van der Waals surface area contributed by atoms with Gasteiger partial charge in [-0.2, -0.15) is 11.8 Å². The van der Waals surface area contributed by atoms with Crippen LogP contribution in [0.15, 0.2) is 22.7 Å². The number of halogens is 1. The number of anilines is 2. The second kappa shape index (κ2) is 6.28. The second-order valence-electron chi connectivity index (χ2n) is 3.67. The van der Waals surface area contributed by atoms with Crippen molar-refractivity contribution in [2.75, 3.05) is 29.6 Å². The van der Waals surface area contributed by atoms with Crippen molar-refractivity contribution in [3.63, 3.8) is 0 Å². The monoisotopic (exact) mass is 288 g/mol. The summed E-state index contributed by atoms with van der Waals surface area (Å²) < 4.78 is 1.02. The summed E-state index contributed by atoms with van der Waals surface area (Å²) in [6.07, 6.45) is 2.13. The maximum absolute atomic E-state index is 5.88. The molecule has 84 valence electrons. The molecular weight excluding hydrogens is 272 g/mol. The Morgan fingerprint density at radius 1 is 1.53 bits per heavy atom. The predicted molar refractivity (Wildman–Crippen MR) is 74.6 cm³/mol. The number of nitrogens with one attached hydrogen (secondary N) is 1. The smallest absolute Gasteiger partial charge is 0.0574 e. The fourth-order valence-electron chi connectivity index (χ4n) is 1.32. The first kappa shape index (κ1) is 12.7. The third kappa shape index (κ3) is 4.34. The third-order valence-corrected chi connectivity index (χ3v) is 3.50. The van der Waals surface area contributed by atoms with Gasteiger partial charge in [0, 0.05) is 11.0 Å². The summed E-state index contributed by atoms with van der Waals surface area (Å²) in [5.41, 5.74) is 7.70. The second-order valence-corrected chi connectivity index (χ2v) is 5.50. The molecule has 0 saturated heterocycles. The van der Waals surface area contributed by atoms with Gasteiger partial charge in [-0.25, -0.2) is 0 Å². The molecule has 0 fully saturated rings. The van der Waals surface area contributed by atoms with E-state index in [1.807, 2.05) is 30.0 Å². The van der Waals surface area contributed by atoms with Gasteiger partial charge in [0.05, 0.1) is 11.4 Å². The summed E-state index contributed by atoms with van der Waals surface area (Å²) in [5.74, 6) is 1.83. The zero-order valence-corrected chi connectivity index (χ0v) is 11.5. The summed E-state index contributed by atoms with van der Waals surface area (Å²) in [4.78, 5) is 0. The standard InChI is InChI=1S/C11H17BrN2S/c1-8(7-15-2)6-14-11-4-3-9(12)5-10(11)13/h3-5,8,14H,6-7,13H2,1-2H3. The number of nitrogens with two attached hydrogens (primary N) is 1. The van der Waals surface area contributed by atoms with E-state index in [0.29, 0.717) is 5.92 Å². The van der Waals surface area contributed by atoms with Crippen molar-refractivity contribution in [3.05, 3.63) is 22.7 Å². The molecule has 3 N–H and O–H groups in total. The molecule has 1 aromatic rings. The Bertz CT molecular complexity index is 317. The van der Waals surface area contributed by atoms with Gasteiger partial charge in [-0.05, 0) is 36.1 Å². The van der Waals surface area contributed by atoms with Gasteiger partial charge in [0.25, 0.3) is 0 Å². The maximum Gasteiger partial charge on any atom is 0.0574 e. The van der Waals surface area contributed by atoms with Crippen molar-refractivity contribution in [2.45, 2.75) is 6.92 Å². The van der Waals surface area contributed by atoms with E-state index in [2.05, 4.69) is 34.4 Å². The van der Waals surface area contributed by atoms with Gasteiger partial charge >= 0.3 is 0 Å². The lowest BCUT2D eigenvalue weighted by Gasteiger charge is -2.13. The van der Waals surface area contributed by atoms with E-state index >= 15 is 0 Å². The van der Waals surface area contributed by atoms with Crippen molar-refractivity contribution in [1.82, 2.24) is 0 Å². The van der Waals surface area contributed by atoms with E-state index in [4.69, 9.17) is 5.73 Å². The lowest BCUT2D eigenvalue weighted by molar-refractivity contribution is 0.702. The van der Waals surface area contributed by atoms with Gasteiger partial charge in [-0.3, -0.25) is 0 Å². The molecular formula is C11H17BrN2S. The molecule has 0 aliphatic rings. The number of thioether (sulfide) groups is 1. The minimum atomic E-state index is 0.656. The van der Waals surface area contributed by atoms with Crippen molar-refractivity contribution >= 4 is 39.1 Å². The quantitative estimate of drug-likeness (QED) is 0.815. The predicted octanol–water partition coefficient (Wildman–Crippen LogP) is 3.44. The molecule has 1 unspecified atom stereocenters. The van der Waals surface area contributed by atoms with Gasteiger partial charge in [-0.15, -0.1) is 0 Å². The molecule has 0 saturated carbocycles. The average molecular weight is 289 g/mol. The SMILES string of the molecule is CSCC(C)CNc1ccc(Br)cc1N.